The fourth-order valence-electron chi connectivity index (χ4n) is 1.71. The van der Waals surface area contributed by atoms with Crippen molar-refractivity contribution < 1.29 is 14.6 Å². The lowest BCUT2D eigenvalue weighted by Crippen LogP contribution is -2.07. The summed E-state index contributed by atoms with van der Waals surface area (Å²) >= 11 is 1.16. The molecule has 0 atom stereocenters. The highest BCUT2D eigenvalue weighted by molar-refractivity contribution is 7.12. The number of hydrogen-bond donors (Lipinski definition) is 1. The van der Waals surface area contributed by atoms with Crippen molar-refractivity contribution in [3.05, 3.63) is 33.8 Å². The number of aromatic nitrogens is 2. The van der Waals surface area contributed by atoms with E-state index in [1.807, 2.05) is 24.6 Å². The maximum atomic E-state index is 10.9. The molecule has 2 rings (SSSR count). The van der Waals surface area contributed by atoms with Gasteiger partial charge in [-0.05, 0) is 31.4 Å². The van der Waals surface area contributed by atoms with Gasteiger partial charge >= 0.3 is 5.97 Å². The first-order valence-corrected chi connectivity index (χ1v) is 6.46. The summed E-state index contributed by atoms with van der Waals surface area (Å²) in [6.45, 7) is 5.01. The van der Waals surface area contributed by atoms with E-state index >= 15 is 0 Å². The second-order valence-corrected chi connectivity index (χ2v) is 4.72. The van der Waals surface area contributed by atoms with Crippen LogP contribution in [0.5, 0.6) is 5.75 Å². The first kappa shape index (κ1) is 12.6. The van der Waals surface area contributed by atoms with Gasteiger partial charge in [-0.15, -0.1) is 11.3 Å². The van der Waals surface area contributed by atoms with Gasteiger partial charge in [0.25, 0.3) is 0 Å². The minimum absolute atomic E-state index is 0.231. The highest BCUT2D eigenvalue weighted by Crippen LogP contribution is 2.25. The van der Waals surface area contributed by atoms with Crippen molar-refractivity contribution in [2.75, 3.05) is 0 Å². The SMILES string of the molecule is CCn1nc(C)cc1COc1ccsc1C(=O)O. The van der Waals surface area contributed by atoms with Crippen LogP contribution in [0.15, 0.2) is 17.5 Å². The third kappa shape index (κ3) is 2.53. The van der Waals surface area contributed by atoms with Crippen LogP contribution in [0.2, 0.25) is 0 Å². The molecule has 0 bridgehead atoms. The number of carboxylic acids is 1. The van der Waals surface area contributed by atoms with Crippen molar-refractivity contribution in [3.8, 4) is 5.75 Å². The van der Waals surface area contributed by atoms with Gasteiger partial charge in [-0.1, -0.05) is 0 Å². The summed E-state index contributed by atoms with van der Waals surface area (Å²) in [6.07, 6.45) is 0. The summed E-state index contributed by atoms with van der Waals surface area (Å²) < 4.78 is 7.40. The number of carboxylic acid groups (broad SMARTS) is 1. The number of thiophene rings is 1. The number of nitrogens with zero attached hydrogens (tertiary/aromatic N) is 2. The van der Waals surface area contributed by atoms with E-state index in [4.69, 9.17) is 9.84 Å². The Morgan fingerprint density at radius 3 is 3.06 bits per heavy atom. The Morgan fingerprint density at radius 2 is 2.39 bits per heavy atom. The molecule has 1 N–H and O–H groups in total. The number of hydrogen-bond acceptors (Lipinski definition) is 4. The Morgan fingerprint density at radius 1 is 1.61 bits per heavy atom. The average molecular weight is 266 g/mol. The van der Waals surface area contributed by atoms with E-state index in [1.165, 1.54) is 0 Å². The zero-order valence-electron chi connectivity index (χ0n) is 10.2. The molecule has 0 fully saturated rings. The van der Waals surface area contributed by atoms with Gasteiger partial charge < -0.3 is 9.84 Å². The fraction of sp³-hybridized carbons (Fsp3) is 0.333. The Balaban J connectivity index is 2.11. The van der Waals surface area contributed by atoms with Crippen LogP contribution in [-0.4, -0.2) is 20.9 Å². The minimum atomic E-state index is -0.958. The molecule has 0 unspecified atom stereocenters. The van der Waals surface area contributed by atoms with Gasteiger partial charge in [-0.2, -0.15) is 5.10 Å². The summed E-state index contributed by atoms with van der Waals surface area (Å²) in [7, 11) is 0. The maximum Gasteiger partial charge on any atom is 0.349 e. The normalized spacial score (nSPS) is 10.6. The molecule has 0 aliphatic carbocycles. The maximum absolute atomic E-state index is 10.9. The van der Waals surface area contributed by atoms with Gasteiger partial charge in [-0.25, -0.2) is 4.79 Å². The topological polar surface area (TPSA) is 64.4 Å². The molecule has 18 heavy (non-hydrogen) atoms. The van der Waals surface area contributed by atoms with E-state index in [-0.39, 0.29) is 4.88 Å². The zero-order valence-corrected chi connectivity index (χ0v) is 11.0. The van der Waals surface area contributed by atoms with E-state index in [9.17, 15) is 4.79 Å². The number of aromatic carboxylic acids is 1. The monoisotopic (exact) mass is 266 g/mol. The number of aryl methyl sites for hydroxylation is 2. The third-order valence-electron chi connectivity index (χ3n) is 2.48. The van der Waals surface area contributed by atoms with Gasteiger partial charge in [-0.3, -0.25) is 4.68 Å². The molecule has 6 heteroatoms. The van der Waals surface area contributed by atoms with Crippen molar-refractivity contribution >= 4 is 17.3 Å². The van der Waals surface area contributed by atoms with E-state index < -0.39 is 5.97 Å². The van der Waals surface area contributed by atoms with Crippen LogP contribution in [-0.2, 0) is 13.2 Å². The second kappa shape index (κ2) is 5.22. The Hall–Kier alpha value is -1.82. The van der Waals surface area contributed by atoms with Gasteiger partial charge in [0.1, 0.15) is 12.4 Å². The lowest BCUT2D eigenvalue weighted by atomic mass is 10.4. The molecule has 0 radical (unpaired) electrons. The van der Waals surface area contributed by atoms with Gasteiger partial charge in [0, 0.05) is 6.54 Å². The molecule has 5 nitrogen and oxygen atoms in total. The van der Waals surface area contributed by atoms with E-state index in [2.05, 4.69) is 5.10 Å². The van der Waals surface area contributed by atoms with Crippen molar-refractivity contribution in [2.45, 2.75) is 27.0 Å². The standard InChI is InChI=1S/C12H14N2O3S/c1-3-14-9(6-8(2)13-14)7-17-10-4-5-18-11(10)12(15)16/h4-6H,3,7H2,1-2H3,(H,15,16). The van der Waals surface area contributed by atoms with Crippen molar-refractivity contribution in [3.63, 3.8) is 0 Å². The summed E-state index contributed by atoms with van der Waals surface area (Å²) in [4.78, 5) is 11.2. The molecule has 0 amide bonds. The summed E-state index contributed by atoms with van der Waals surface area (Å²) in [5.74, 6) is -0.547. The summed E-state index contributed by atoms with van der Waals surface area (Å²) in [6, 6.07) is 3.62. The highest BCUT2D eigenvalue weighted by atomic mass is 32.1. The third-order valence-corrected chi connectivity index (χ3v) is 3.37. The molecule has 0 spiro atoms. The fourth-order valence-corrected chi connectivity index (χ4v) is 2.38. The Bertz CT molecular complexity index is 559. The van der Waals surface area contributed by atoms with Crippen LogP contribution in [0.25, 0.3) is 0 Å². The number of rotatable bonds is 5. The van der Waals surface area contributed by atoms with Crippen LogP contribution >= 0.6 is 11.3 Å². The predicted octanol–water partition coefficient (Wildman–Crippen LogP) is 2.55. The summed E-state index contributed by atoms with van der Waals surface area (Å²) in [5, 5.41) is 15.0. The Kier molecular flexibility index (Phi) is 3.66. The number of ether oxygens (including phenoxy) is 1. The first-order valence-electron chi connectivity index (χ1n) is 5.58. The van der Waals surface area contributed by atoms with Gasteiger partial charge in [0.2, 0.25) is 0 Å². The lowest BCUT2D eigenvalue weighted by molar-refractivity contribution is 0.0697. The summed E-state index contributed by atoms with van der Waals surface area (Å²) in [5.41, 5.74) is 1.87. The zero-order chi connectivity index (χ0) is 13.1. The second-order valence-electron chi connectivity index (χ2n) is 3.80. The molecule has 0 aliphatic heterocycles. The Labute approximate surface area is 109 Å². The van der Waals surface area contributed by atoms with Crippen LogP contribution in [0.4, 0.5) is 0 Å². The minimum Gasteiger partial charge on any atom is -0.486 e. The van der Waals surface area contributed by atoms with Crippen LogP contribution in [0, 0.1) is 6.92 Å². The molecule has 96 valence electrons. The highest BCUT2D eigenvalue weighted by Gasteiger charge is 2.13. The molecule has 0 aliphatic rings. The van der Waals surface area contributed by atoms with Crippen molar-refractivity contribution in [1.29, 1.82) is 0 Å². The van der Waals surface area contributed by atoms with Gasteiger partial charge in [0.15, 0.2) is 4.88 Å². The molecular weight excluding hydrogens is 252 g/mol. The van der Waals surface area contributed by atoms with E-state index in [0.717, 1.165) is 29.3 Å². The average Bonchev–Trinajstić information content (AvgIpc) is 2.92. The largest absolute Gasteiger partial charge is 0.486 e. The predicted molar refractivity (Wildman–Crippen MR) is 68.2 cm³/mol. The van der Waals surface area contributed by atoms with E-state index in [0.29, 0.717) is 12.4 Å². The van der Waals surface area contributed by atoms with Crippen molar-refractivity contribution in [1.82, 2.24) is 9.78 Å². The number of carbonyl (C=O) groups is 1. The molecule has 2 heterocycles. The first-order chi connectivity index (χ1) is 8.61. The molecular formula is C12H14N2O3S. The van der Waals surface area contributed by atoms with E-state index in [1.54, 1.807) is 11.4 Å². The smallest absolute Gasteiger partial charge is 0.349 e. The van der Waals surface area contributed by atoms with Gasteiger partial charge in [0.05, 0.1) is 11.4 Å². The van der Waals surface area contributed by atoms with Crippen LogP contribution < -0.4 is 4.74 Å². The quantitative estimate of drug-likeness (QED) is 0.903. The molecule has 0 aromatic carbocycles. The van der Waals surface area contributed by atoms with Crippen molar-refractivity contribution in [2.24, 2.45) is 0 Å². The molecule has 0 saturated carbocycles. The van der Waals surface area contributed by atoms with Crippen LogP contribution in [0.3, 0.4) is 0 Å². The van der Waals surface area contributed by atoms with Crippen LogP contribution in [0.1, 0.15) is 28.0 Å². The molecule has 2 aromatic rings. The molecule has 0 saturated heterocycles. The lowest BCUT2D eigenvalue weighted by Gasteiger charge is -2.07. The molecule has 2 aromatic heterocycles.